The van der Waals surface area contributed by atoms with Gasteiger partial charge in [0.1, 0.15) is 0 Å². The third-order valence-electron chi connectivity index (χ3n) is 8.43. The third kappa shape index (κ3) is 5.06. The SMILES string of the molecule is CCCC1(C#N)CCC(c2ccc(-c3ccc(C4CCC(CC)CC4)cc3)cc2)CC1. The van der Waals surface area contributed by atoms with Gasteiger partial charge in [-0.05, 0) is 97.8 Å². The zero-order valence-corrected chi connectivity index (χ0v) is 19.6. The minimum Gasteiger partial charge on any atom is -0.198 e. The van der Waals surface area contributed by atoms with Crippen LogP contribution in [-0.2, 0) is 0 Å². The van der Waals surface area contributed by atoms with Gasteiger partial charge in [-0.1, -0.05) is 75.2 Å². The Morgan fingerprint density at radius 2 is 1.23 bits per heavy atom. The number of hydrogen-bond donors (Lipinski definition) is 0. The predicted octanol–water partition coefficient (Wildman–Crippen LogP) is 9.01. The van der Waals surface area contributed by atoms with Crippen molar-refractivity contribution < 1.29 is 0 Å². The molecule has 0 aliphatic heterocycles. The van der Waals surface area contributed by atoms with Crippen molar-refractivity contribution in [3.63, 3.8) is 0 Å². The molecule has 1 nitrogen and oxygen atoms in total. The summed E-state index contributed by atoms with van der Waals surface area (Å²) in [5.74, 6) is 2.34. The summed E-state index contributed by atoms with van der Waals surface area (Å²) in [6, 6.07) is 21.3. The van der Waals surface area contributed by atoms with Crippen LogP contribution in [0.4, 0.5) is 0 Å². The van der Waals surface area contributed by atoms with Gasteiger partial charge in [-0.25, -0.2) is 0 Å². The zero-order valence-electron chi connectivity index (χ0n) is 19.6. The first-order valence-corrected chi connectivity index (χ1v) is 12.8. The summed E-state index contributed by atoms with van der Waals surface area (Å²) < 4.78 is 0. The average Bonchev–Trinajstić information content (AvgIpc) is 2.85. The second kappa shape index (κ2) is 10.0. The van der Waals surface area contributed by atoms with Gasteiger partial charge < -0.3 is 0 Å². The quantitative estimate of drug-likeness (QED) is 0.463. The van der Waals surface area contributed by atoms with Crippen LogP contribution in [0.1, 0.15) is 107 Å². The van der Waals surface area contributed by atoms with Crippen LogP contribution >= 0.6 is 0 Å². The minimum absolute atomic E-state index is 0.0529. The number of nitrogens with zero attached hydrogens (tertiary/aromatic N) is 1. The topological polar surface area (TPSA) is 23.8 Å². The first-order valence-electron chi connectivity index (χ1n) is 12.8. The van der Waals surface area contributed by atoms with Crippen LogP contribution in [0.25, 0.3) is 11.1 Å². The van der Waals surface area contributed by atoms with Crippen molar-refractivity contribution in [1.29, 1.82) is 5.26 Å². The van der Waals surface area contributed by atoms with Crippen LogP contribution in [-0.4, -0.2) is 0 Å². The number of nitriles is 1. The second-order valence-electron chi connectivity index (χ2n) is 10.3. The van der Waals surface area contributed by atoms with E-state index in [2.05, 4.69) is 68.4 Å². The normalized spacial score (nSPS) is 28.7. The molecule has 0 bridgehead atoms. The number of benzene rings is 2. The molecule has 0 atom stereocenters. The molecule has 2 aromatic rings. The highest BCUT2D eigenvalue weighted by Gasteiger charge is 2.35. The van der Waals surface area contributed by atoms with Crippen molar-refractivity contribution in [3.05, 3.63) is 59.7 Å². The van der Waals surface area contributed by atoms with E-state index in [0.29, 0.717) is 5.92 Å². The van der Waals surface area contributed by atoms with Gasteiger partial charge in [0.05, 0.1) is 11.5 Å². The fourth-order valence-electron chi connectivity index (χ4n) is 6.20. The highest BCUT2D eigenvalue weighted by Crippen LogP contribution is 2.45. The number of hydrogen-bond acceptors (Lipinski definition) is 1. The van der Waals surface area contributed by atoms with E-state index in [1.54, 1.807) is 0 Å². The lowest BCUT2D eigenvalue weighted by Gasteiger charge is -2.35. The molecule has 0 heterocycles. The summed E-state index contributed by atoms with van der Waals surface area (Å²) in [4.78, 5) is 0. The first-order chi connectivity index (χ1) is 15.2. The monoisotopic (exact) mass is 413 g/mol. The maximum absolute atomic E-state index is 9.67. The van der Waals surface area contributed by atoms with Crippen molar-refractivity contribution in [2.45, 2.75) is 96.3 Å². The highest BCUT2D eigenvalue weighted by atomic mass is 14.4. The van der Waals surface area contributed by atoms with Gasteiger partial charge in [0, 0.05) is 0 Å². The van der Waals surface area contributed by atoms with Crippen LogP contribution in [0.5, 0.6) is 0 Å². The van der Waals surface area contributed by atoms with E-state index in [-0.39, 0.29) is 5.41 Å². The Hall–Kier alpha value is -2.07. The summed E-state index contributed by atoms with van der Waals surface area (Å²) in [6.45, 7) is 4.54. The molecule has 2 aromatic carbocycles. The standard InChI is InChI=1S/C30H39N/c1-3-19-30(22-31)20-17-29(18-21-30)28-15-13-27(14-16-28)26-11-9-25(10-12-26)24-7-5-23(4-2)6-8-24/h9-16,23-24,29H,3-8,17-21H2,1-2H3. The van der Waals surface area contributed by atoms with Crippen LogP contribution in [0.2, 0.25) is 0 Å². The summed E-state index contributed by atoms with van der Waals surface area (Å²) in [6.07, 6.45) is 13.5. The predicted molar refractivity (Wildman–Crippen MR) is 131 cm³/mol. The maximum Gasteiger partial charge on any atom is 0.0689 e. The van der Waals surface area contributed by atoms with Crippen molar-refractivity contribution in [2.24, 2.45) is 11.3 Å². The Labute approximate surface area is 189 Å². The van der Waals surface area contributed by atoms with Crippen molar-refractivity contribution in [2.75, 3.05) is 0 Å². The van der Waals surface area contributed by atoms with Crippen molar-refractivity contribution >= 4 is 0 Å². The van der Waals surface area contributed by atoms with E-state index in [4.69, 9.17) is 0 Å². The fourth-order valence-corrected chi connectivity index (χ4v) is 6.20. The van der Waals surface area contributed by atoms with Crippen LogP contribution in [0.15, 0.2) is 48.5 Å². The van der Waals surface area contributed by atoms with E-state index in [0.717, 1.165) is 50.4 Å². The molecule has 0 radical (unpaired) electrons. The van der Waals surface area contributed by atoms with Gasteiger partial charge in [-0.15, -0.1) is 0 Å². The molecule has 0 saturated heterocycles. The molecule has 2 aliphatic rings. The van der Waals surface area contributed by atoms with Crippen molar-refractivity contribution in [1.82, 2.24) is 0 Å². The molecule has 2 fully saturated rings. The molecule has 0 amide bonds. The Morgan fingerprint density at radius 1 is 0.742 bits per heavy atom. The van der Waals surface area contributed by atoms with Crippen LogP contribution < -0.4 is 0 Å². The molecule has 0 spiro atoms. The molecule has 0 N–H and O–H groups in total. The molecule has 2 aliphatic carbocycles. The zero-order chi connectivity index (χ0) is 21.7. The molecule has 164 valence electrons. The average molecular weight is 414 g/mol. The largest absolute Gasteiger partial charge is 0.198 e. The summed E-state index contributed by atoms with van der Waals surface area (Å²) in [5, 5.41) is 9.67. The lowest BCUT2D eigenvalue weighted by molar-refractivity contribution is 0.228. The summed E-state index contributed by atoms with van der Waals surface area (Å²) in [7, 11) is 0. The second-order valence-corrected chi connectivity index (χ2v) is 10.3. The molecular formula is C30H39N. The van der Waals surface area contributed by atoms with Gasteiger partial charge in [0.15, 0.2) is 0 Å². The van der Waals surface area contributed by atoms with Gasteiger partial charge in [-0.2, -0.15) is 5.26 Å². The van der Waals surface area contributed by atoms with Gasteiger partial charge in [0.2, 0.25) is 0 Å². The van der Waals surface area contributed by atoms with Crippen LogP contribution in [0, 0.1) is 22.7 Å². The molecule has 0 unspecified atom stereocenters. The molecule has 1 heteroatoms. The van der Waals surface area contributed by atoms with E-state index >= 15 is 0 Å². The summed E-state index contributed by atoms with van der Waals surface area (Å²) >= 11 is 0. The minimum atomic E-state index is -0.0529. The van der Waals surface area contributed by atoms with E-state index in [1.807, 2.05) is 0 Å². The Kier molecular flexibility index (Phi) is 7.16. The van der Waals surface area contributed by atoms with E-state index in [1.165, 1.54) is 54.4 Å². The molecule has 2 saturated carbocycles. The lowest BCUT2D eigenvalue weighted by Crippen LogP contribution is -2.25. The Balaban J connectivity index is 1.37. The highest BCUT2D eigenvalue weighted by molar-refractivity contribution is 5.64. The Bertz CT molecular complexity index is 854. The van der Waals surface area contributed by atoms with Crippen LogP contribution in [0.3, 0.4) is 0 Å². The lowest BCUT2D eigenvalue weighted by atomic mass is 9.68. The summed E-state index contributed by atoms with van der Waals surface area (Å²) in [5.41, 5.74) is 5.58. The molecule has 31 heavy (non-hydrogen) atoms. The maximum atomic E-state index is 9.67. The van der Waals surface area contributed by atoms with Gasteiger partial charge in [0.25, 0.3) is 0 Å². The Morgan fingerprint density at radius 3 is 1.65 bits per heavy atom. The van der Waals surface area contributed by atoms with Crippen molar-refractivity contribution in [3.8, 4) is 17.2 Å². The van der Waals surface area contributed by atoms with Gasteiger partial charge in [-0.3, -0.25) is 0 Å². The van der Waals surface area contributed by atoms with E-state index in [9.17, 15) is 5.26 Å². The smallest absolute Gasteiger partial charge is 0.0689 e. The first kappa shape index (κ1) is 22.1. The fraction of sp³-hybridized carbons (Fsp3) is 0.567. The molecular weight excluding hydrogens is 374 g/mol. The number of rotatable bonds is 6. The third-order valence-corrected chi connectivity index (χ3v) is 8.43. The van der Waals surface area contributed by atoms with E-state index < -0.39 is 0 Å². The molecule has 0 aromatic heterocycles. The van der Waals surface area contributed by atoms with Gasteiger partial charge >= 0.3 is 0 Å². The molecule has 4 rings (SSSR count).